The van der Waals surface area contributed by atoms with Crippen LogP contribution in [0.4, 0.5) is 0 Å². The van der Waals surface area contributed by atoms with Crippen molar-refractivity contribution in [2.45, 2.75) is 26.3 Å². The van der Waals surface area contributed by atoms with Crippen LogP contribution in [-0.4, -0.2) is 41.6 Å². The number of halogens is 4. The number of carbonyl (C=O) groups excluding carboxylic acids is 3. The molecule has 39 heavy (non-hydrogen) atoms. The van der Waals surface area contributed by atoms with E-state index in [1.807, 2.05) is 0 Å². The monoisotopic (exact) mass is 610 g/mol. The first-order valence-electron chi connectivity index (χ1n) is 11.4. The van der Waals surface area contributed by atoms with Crippen LogP contribution in [0.5, 0.6) is 11.5 Å². The Bertz CT molecular complexity index is 1350. The summed E-state index contributed by atoms with van der Waals surface area (Å²) in [6, 6.07) is 9.85. The summed E-state index contributed by atoms with van der Waals surface area (Å²) in [4.78, 5) is 41.7. The first-order chi connectivity index (χ1) is 18.5. The summed E-state index contributed by atoms with van der Waals surface area (Å²) in [6.45, 7) is 3.04. The van der Waals surface area contributed by atoms with Gasteiger partial charge in [-0.05, 0) is 43.3 Å². The number of benzene rings is 2. The Labute approximate surface area is 244 Å². The van der Waals surface area contributed by atoms with Crippen LogP contribution in [0.2, 0.25) is 20.1 Å². The number of methoxy groups -OCH3 is 1. The average Bonchev–Trinajstić information content (AvgIpc) is 2.87. The minimum atomic E-state index is -1.09. The van der Waals surface area contributed by atoms with Crippen LogP contribution in [0.25, 0.3) is 0 Å². The molecule has 3 aromatic rings. The lowest BCUT2D eigenvalue weighted by molar-refractivity contribution is -0.134. The van der Waals surface area contributed by atoms with Crippen molar-refractivity contribution in [2.24, 2.45) is 5.10 Å². The van der Waals surface area contributed by atoms with Crippen molar-refractivity contribution in [2.75, 3.05) is 7.11 Å². The van der Waals surface area contributed by atoms with Crippen molar-refractivity contribution in [3.63, 3.8) is 0 Å². The van der Waals surface area contributed by atoms with Gasteiger partial charge in [0.15, 0.2) is 11.4 Å². The topological polar surface area (TPSA) is 119 Å². The molecule has 0 radical (unpaired) electrons. The number of aromatic nitrogens is 1. The first-order valence-corrected chi connectivity index (χ1v) is 12.9. The maximum atomic E-state index is 13.0. The summed E-state index contributed by atoms with van der Waals surface area (Å²) < 4.78 is 10.4. The Morgan fingerprint density at radius 2 is 1.49 bits per heavy atom. The second-order valence-corrected chi connectivity index (χ2v) is 9.71. The summed E-state index contributed by atoms with van der Waals surface area (Å²) in [7, 11) is 1.35. The van der Waals surface area contributed by atoms with Gasteiger partial charge in [-0.25, -0.2) is 10.4 Å². The molecule has 0 saturated carbocycles. The smallest absolute Gasteiger partial charge is 0.311 e. The van der Waals surface area contributed by atoms with Gasteiger partial charge in [0.05, 0.1) is 12.8 Å². The summed E-state index contributed by atoms with van der Waals surface area (Å²) in [5, 5.41) is 8.13. The van der Waals surface area contributed by atoms with Crippen LogP contribution < -0.4 is 20.2 Å². The minimum absolute atomic E-state index is 0.0634. The van der Waals surface area contributed by atoms with Gasteiger partial charge < -0.3 is 14.8 Å². The van der Waals surface area contributed by atoms with E-state index in [1.165, 1.54) is 26.3 Å². The van der Waals surface area contributed by atoms with E-state index < -0.39 is 23.8 Å². The highest BCUT2D eigenvalue weighted by molar-refractivity contribution is 6.37. The van der Waals surface area contributed by atoms with Crippen molar-refractivity contribution < 1.29 is 23.9 Å². The number of ether oxygens (including phenoxy) is 2. The van der Waals surface area contributed by atoms with E-state index in [0.717, 1.165) is 0 Å². The standard InChI is InChI=1S/C26H22Cl4N4O5/c1-4-21(35)39-24-20(38-3)5-6-31-23(24)26(37)32-13(2)25(36)34-33-22(14-7-16(27)11-17(28)8-14)15-9-18(29)12-19(30)10-15/h5-13H,4H2,1-3H3,(H,32,37)(H,34,36)/t13-/m0/s1. The van der Waals surface area contributed by atoms with E-state index in [2.05, 4.69) is 20.8 Å². The molecule has 2 N–H and O–H groups in total. The Morgan fingerprint density at radius 1 is 0.949 bits per heavy atom. The van der Waals surface area contributed by atoms with E-state index in [1.54, 1.807) is 43.3 Å². The molecule has 2 aromatic carbocycles. The van der Waals surface area contributed by atoms with Crippen molar-refractivity contribution in [1.29, 1.82) is 0 Å². The van der Waals surface area contributed by atoms with Crippen LogP contribution in [0.3, 0.4) is 0 Å². The fraction of sp³-hybridized carbons (Fsp3) is 0.192. The quantitative estimate of drug-likeness (QED) is 0.182. The number of carbonyl (C=O) groups is 3. The van der Waals surface area contributed by atoms with Gasteiger partial charge in [-0.2, -0.15) is 5.10 Å². The van der Waals surface area contributed by atoms with E-state index >= 15 is 0 Å². The zero-order valence-electron chi connectivity index (χ0n) is 20.9. The van der Waals surface area contributed by atoms with Crippen molar-refractivity contribution in [3.8, 4) is 11.5 Å². The number of rotatable bonds is 9. The normalized spacial score (nSPS) is 11.3. The third-order valence-corrected chi connectivity index (χ3v) is 5.97. The van der Waals surface area contributed by atoms with Gasteiger partial charge in [0.2, 0.25) is 5.75 Å². The third-order valence-electron chi connectivity index (χ3n) is 5.10. The highest BCUT2D eigenvalue weighted by atomic mass is 35.5. The molecular weight excluding hydrogens is 590 g/mol. The molecule has 0 bridgehead atoms. The van der Waals surface area contributed by atoms with Crippen LogP contribution in [0, 0.1) is 0 Å². The third kappa shape index (κ3) is 8.06. The average molecular weight is 612 g/mol. The molecule has 0 unspecified atom stereocenters. The fourth-order valence-corrected chi connectivity index (χ4v) is 4.30. The number of nitrogens with zero attached hydrogens (tertiary/aromatic N) is 2. The van der Waals surface area contributed by atoms with Crippen LogP contribution in [-0.2, 0) is 9.59 Å². The molecule has 0 aliphatic carbocycles. The van der Waals surface area contributed by atoms with E-state index in [0.29, 0.717) is 31.2 Å². The Balaban J connectivity index is 1.87. The van der Waals surface area contributed by atoms with Gasteiger partial charge >= 0.3 is 5.97 Å². The molecule has 0 aliphatic heterocycles. The zero-order chi connectivity index (χ0) is 28.7. The molecule has 13 heteroatoms. The van der Waals surface area contributed by atoms with Gasteiger partial charge in [0.1, 0.15) is 6.04 Å². The maximum absolute atomic E-state index is 13.0. The lowest BCUT2D eigenvalue weighted by Gasteiger charge is -2.16. The SMILES string of the molecule is CCC(=O)Oc1c(OC)ccnc1C(=O)N[C@@H](C)C(=O)NN=C(c1cc(Cl)cc(Cl)c1)c1cc(Cl)cc(Cl)c1. The van der Waals surface area contributed by atoms with E-state index in [-0.39, 0.29) is 29.3 Å². The summed E-state index contributed by atoms with van der Waals surface area (Å²) in [6.07, 6.45) is 1.37. The number of hydrogen-bond acceptors (Lipinski definition) is 7. The number of nitrogens with one attached hydrogen (secondary N) is 2. The van der Waals surface area contributed by atoms with Gasteiger partial charge in [-0.15, -0.1) is 0 Å². The second kappa shape index (κ2) is 13.6. The molecular formula is C26H22Cl4N4O5. The van der Waals surface area contributed by atoms with Gasteiger partial charge in [0, 0.05) is 49.9 Å². The van der Waals surface area contributed by atoms with Crippen LogP contribution in [0.15, 0.2) is 53.8 Å². The second-order valence-electron chi connectivity index (χ2n) is 7.97. The molecule has 1 heterocycles. The molecule has 0 spiro atoms. The predicted octanol–water partition coefficient (Wildman–Crippen LogP) is 5.71. The molecule has 0 saturated heterocycles. The first kappa shape index (κ1) is 30.2. The Kier molecular flexibility index (Phi) is 10.5. The van der Waals surface area contributed by atoms with Gasteiger partial charge in [-0.3, -0.25) is 14.4 Å². The lowest BCUT2D eigenvalue weighted by atomic mass is 10.0. The molecule has 1 aromatic heterocycles. The largest absolute Gasteiger partial charge is 0.493 e. The predicted molar refractivity (Wildman–Crippen MR) is 150 cm³/mol. The number of hydrogen-bond donors (Lipinski definition) is 2. The Morgan fingerprint density at radius 3 is 1.97 bits per heavy atom. The fourth-order valence-electron chi connectivity index (χ4n) is 3.25. The molecule has 2 amide bonds. The van der Waals surface area contributed by atoms with Crippen molar-refractivity contribution >= 4 is 69.9 Å². The lowest BCUT2D eigenvalue weighted by Crippen LogP contribution is -2.44. The van der Waals surface area contributed by atoms with Gasteiger partial charge in [0.25, 0.3) is 11.8 Å². The number of pyridine rings is 1. The number of hydrazone groups is 1. The van der Waals surface area contributed by atoms with Gasteiger partial charge in [-0.1, -0.05) is 53.3 Å². The minimum Gasteiger partial charge on any atom is -0.493 e. The van der Waals surface area contributed by atoms with Crippen molar-refractivity contribution in [1.82, 2.24) is 15.7 Å². The molecule has 9 nitrogen and oxygen atoms in total. The highest BCUT2D eigenvalue weighted by Crippen LogP contribution is 2.30. The summed E-state index contributed by atoms with van der Waals surface area (Å²) >= 11 is 24.7. The number of amides is 2. The molecule has 1 atom stereocenters. The molecule has 0 fully saturated rings. The van der Waals surface area contributed by atoms with E-state index in [4.69, 9.17) is 55.9 Å². The highest BCUT2D eigenvalue weighted by Gasteiger charge is 2.24. The van der Waals surface area contributed by atoms with E-state index in [9.17, 15) is 14.4 Å². The summed E-state index contributed by atoms with van der Waals surface area (Å²) in [5.41, 5.74) is 3.41. The van der Waals surface area contributed by atoms with Crippen LogP contribution in [0.1, 0.15) is 41.9 Å². The zero-order valence-corrected chi connectivity index (χ0v) is 23.9. The maximum Gasteiger partial charge on any atom is 0.311 e. The summed E-state index contributed by atoms with van der Waals surface area (Å²) in [5.74, 6) is -2.07. The Hall–Kier alpha value is -3.37. The van der Waals surface area contributed by atoms with Crippen LogP contribution >= 0.6 is 46.4 Å². The molecule has 3 rings (SSSR count). The molecule has 204 valence electrons. The number of esters is 1. The molecule has 0 aliphatic rings. The van der Waals surface area contributed by atoms with Crippen molar-refractivity contribution in [3.05, 3.63) is 85.6 Å².